The van der Waals surface area contributed by atoms with Crippen LogP contribution in [0.1, 0.15) is 25.8 Å². The predicted molar refractivity (Wildman–Crippen MR) is 68.5 cm³/mol. The zero-order valence-corrected chi connectivity index (χ0v) is 11.7. The van der Waals surface area contributed by atoms with Crippen molar-refractivity contribution in [3.05, 3.63) is 28.2 Å². The molecule has 0 fully saturated rings. The fourth-order valence-corrected chi connectivity index (χ4v) is 1.77. The molecule has 0 saturated heterocycles. The summed E-state index contributed by atoms with van der Waals surface area (Å²) in [5, 5.41) is 12.6. The number of alkyl halides is 3. The molecule has 1 aromatic carbocycles. The SMILES string of the molecule is CCC(C)(O)CNc1cc(Br)cc(C(F)(F)F)c1. The molecule has 0 aliphatic heterocycles. The second-order valence-corrected chi connectivity index (χ2v) is 5.35. The third-order valence-corrected chi connectivity index (χ3v) is 3.12. The molecule has 0 spiro atoms. The van der Waals surface area contributed by atoms with Gasteiger partial charge in [0.15, 0.2) is 0 Å². The van der Waals surface area contributed by atoms with Crippen molar-refractivity contribution in [2.75, 3.05) is 11.9 Å². The maximum Gasteiger partial charge on any atom is 0.416 e. The average Bonchev–Trinajstić information content (AvgIpc) is 2.25. The lowest BCUT2D eigenvalue weighted by molar-refractivity contribution is -0.137. The monoisotopic (exact) mass is 325 g/mol. The van der Waals surface area contributed by atoms with E-state index >= 15 is 0 Å². The van der Waals surface area contributed by atoms with Crippen LogP contribution in [0.3, 0.4) is 0 Å². The molecule has 1 atom stereocenters. The molecule has 18 heavy (non-hydrogen) atoms. The molecule has 1 unspecified atom stereocenters. The molecule has 2 N–H and O–H groups in total. The molecule has 0 aliphatic carbocycles. The van der Waals surface area contributed by atoms with Crippen molar-refractivity contribution in [1.29, 1.82) is 0 Å². The van der Waals surface area contributed by atoms with E-state index in [9.17, 15) is 18.3 Å². The molecule has 6 heteroatoms. The topological polar surface area (TPSA) is 32.3 Å². The second-order valence-electron chi connectivity index (χ2n) is 4.43. The van der Waals surface area contributed by atoms with Crippen LogP contribution in [0, 0.1) is 0 Å². The number of nitrogens with one attached hydrogen (secondary N) is 1. The van der Waals surface area contributed by atoms with Gasteiger partial charge >= 0.3 is 6.18 Å². The van der Waals surface area contributed by atoms with Gasteiger partial charge in [0, 0.05) is 16.7 Å². The Labute approximate surface area is 112 Å². The fraction of sp³-hybridized carbons (Fsp3) is 0.500. The summed E-state index contributed by atoms with van der Waals surface area (Å²) in [6.45, 7) is 3.63. The predicted octanol–water partition coefficient (Wildman–Crippen LogP) is 4.04. The molecule has 2 nitrogen and oxygen atoms in total. The molecule has 0 saturated carbocycles. The molecule has 1 rings (SSSR count). The van der Waals surface area contributed by atoms with Crippen LogP contribution in [0.5, 0.6) is 0 Å². The van der Waals surface area contributed by atoms with Crippen molar-refractivity contribution < 1.29 is 18.3 Å². The van der Waals surface area contributed by atoms with E-state index in [2.05, 4.69) is 21.2 Å². The summed E-state index contributed by atoms with van der Waals surface area (Å²) in [4.78, 5) is 0. The van der Waals surface area contributed by atoms with Gasteiger partial charge in [-0.1, -0.05) is 22.9 Å². The third kappa shape index (κ3) is 4.49. The van der Waals surface area contributed by atoms with Crippen molar-refractivity contribution in [2.45, 2.75) is 32.0 Å². The Kier molecular flexibility index (Phi) is 4.66. The van der Waals surface area contributed by atoms with Crippen LogP contribution in [-0.2, 0) is 6.18 Å². The Bertz CT molecular complexity index is 418. The summed E-state index contributed by atoms with van der Waals surface area (Å²) in [6, 6.07) is 3.58. The summed E-state index contributed by atoms with van der Waals surface area (Å²) in [7, 11) is 0. The number of aliphatic hydroxyl groups is 1. The first kappa shape index (κ1) is 15.3. The van der Waals surface area contributed by atoms with Gasteiger partial charge in [-0.3, -0.25) is 0 Å². The zero-order valence-electron chi connectivity index (χ0n) is 10.1. The summed E-state index contributed by atoms with van der Waals surface area (Å²) in [6.07, 6.45) is -3.87. The Morgan fingerprint density at radius 1 is 1.28 bits per heavy atom. The number of halogens is 4. The van der Waals surface area contributed by atoms with Crippen LogP contribution in [0.25, 0.3) is 0 Å². The lowest BCUT2D eigenvalue weighted by atomic mass is 10.0. The lowest BCUT2D eigenvalue weighted by Crippen LogP contribution is -2.32. The Hall–Kier alpha value is -0.750. The second kappa shape index (κ2) is 5.48. The van der Waals surface area contributed by atoms with E-state index < -0.39 is 17.3 Å². The van der Waals surface area contributed by atoms with Gasteiger partial charge in [-0.15, -0.1) is 0 Å². The highest BCUT2D eigenvalue weighted by atomic mass is 79.9. The number of hydrogen-bond donors (Lipinski definition) is 2. The van der Waals surface area contributed by atoms with Gasteiger partial charge < -0.3 is 10.4 Å². The summed E-state index contributed by atoms with van der Waals surface area (Å²) in [5.41, 5.74) is -1.35. The van der Waals surface area contributed by atoms with Gasteiger partial charge in [0.2, 0.25) is 0 Å². The maximum atomic E-state index is 12.6. The normalized spacial score (nSPS) is 15.3. The van der Waals surface area contributed by atoms with E-state index in [1.165, 1.54) is 0 Å². The average molecular weight is 326 g/mol. The molecular formula is C12H15BrF3NO. The fourth-order valence-electron chi connectivity index (χ4n) is 1.27. The maximum absolute atomic E-state index is 12.6. The van der Waals surface area contributed by atoms with Crippen LogP contribution in [0.4, 0.5) is 18.9 Å². The number of hydrogen-bond acceptors (Lipinski definition) is 2. The minimum absolute atomic E-state index is 0.192. The van der Waals surface area contributed by atoms with Crippen LogP contribution >= 0.6 is 15.9 Å². The largest absolute Gasteiger partial charge is 0.416 e. The first-order chi connectivity index (χ1) is 8.14. The van der Waals surface area contributed by atoms with Gasteiger partial charge in [-0.25, -0.2) is 0 Å². The number of benzene rings is 1. The molecule has 0 bridgehead atoms. The third-order valence-electron chi connectivity index (χ3n) is 2.66. The van der Waals surface area contributed by atoms with Crippen LogP contribution in [0.2, 0.25) is 0 Å². The summed E-state index contributed by atoms with van der Waals surface area (Å²) >= 11 is 3.04. The van der Waals surface area contributed by atoms with E-state index in [-0.39, 0.29) is 6.54 Å². The van der Waals surface area contributed by atoms with Gasteiger partial charge in [0.25, 0.3) is 0 Å². The lowest BCUT2D eigenvalue weighted by Gasteiger charge is -2.22. The summed E-state index contributed by atoms with van der Waals surface area (Å²) < 4.78 is 38.1. The highest BCUT2D eigenvalue weighted by Crippen LogP contribution is 2.33. The van der Waals surface area contributed by atoms with E-state index in [0.29, 0.717) is 16.6 Å². The minimum atomic E-state index is -4.38. The minimum Gasteiger partial charge on any atom is -0.388 e. The molecule has 0 amide bonds. The smallest absolute Gasteiger partial charge is 0.388 e. The number of anilines is 1. The highest BCUT2D eigenvalue weighted by Gasteiger charge is 2.31. The molecule has 1 aromatic rings. The van der Waals surface area contributed by atoms with Crippen LogP contribution < -0.4 is 5.32 Å². The Balaban J connectivity index is 2.88. The molecule has 0 aromatic heterocycles. The first-order valence-electron chi connectivity index (χ1n) is 5.48. The van der Waals surface area contributed by atoms with Crippen molar-refractivity contribution in [3.8, 4) is 0 Å². The van der Waals surface area contributed by atoms with E-state index in [4.69, 9.17) is 0 Å². The quantitative estimate of drug-likeness (QED) is 0.875. The van der Waals surface area contributed by atoms with Crippen molar-refractivity contribution in [3.63, 3.8) is 0 Å². The molecule has 102 valence electrons. The van der Waals surface area contributed by atoms with Gasteiger partial charge in [0.1, 0.15) is 0 Å². The standard InChI is InChI=1S/C12H15BrF3NO/c1-3-11(2,18)7-17-10-5-8(12(14,15)16)4-9(13)6-10/h4-6,17-18H,3,7H2,1-2H3. The zero-order chi connectivity index (χ0) is 14.0. The van der Waals surface area contributed by atoms with E-state index in [1.807, 2.05) is 6.92 Å². The van der Waals surface area contributed by atoms with Gasteiger partial charge in [-0.05, 0) is 31.5 Å². The van der Waals surface area contributed by atoms with Gasteiger partial charge in [0.05, 0.1) is 11.2 Å². The highest BCUT2D eigenvalue weighted by molar-refractivity contribution is 9.10. The van der Waals surface area contributed by atoms with Crippen LogP contribution in [0.15, 0.2) is 22.7 Å². The Morgan fingerprint density at radius 3 is 2.39 bits per heavy atom. The van der Waals surface area contributed by atoms with Gasteiger partial charge in [-0.2, -0.15) is 13.2 Å². The molecular weight excluding hydrogens is 311 g/mol. The molecule has 0 heterocycles. The van der Waals surface area contributed by atoms with Crippen molar-refractivity contribution in [1.82, 2.24) is 0 Å². The first-order valence-corrected chi connectivity index (χ1v) is 6.27. The Morgan fingerprint density at radius 2 is 1.89 bits per heavy atom. The molecule has 0 aliphatic rings. The number of rotatable bonds is 4. The van der Waals surface area contributed by atoms with Crippen LogP contribution in [-0.4, -0.2) is 17.3 Å². The van der Waals surface area contributed by atoms with E-state index in [0.717, 1.165) is 12.1 Å². The van der Waals surface area contributed by atoms with Crippen molar-refractivity contribution >= 4 is 21.6 Å². The van der Waals surface area contributed by atoms with E-state index in [1.54, 1.807) is 13.0 Å². The summed E-state index contributed by atoms with van der Waals surface area (Å²) in [5.74, 6) is 0. The van der Waals surface area contributed by atoms with Crippen molar-refractivity contribution in [2.24, 2.45) is 0 Å². The molecule has 0 radical (unpaired) electrons.